The van der Waals surface area contributed by atoms with Gasteiger partial charge in [0.1, 0.15) is 0 Å². The average Bonchev–Trinajstić information content (AvgIpc) is 2.08. The second-order valence-electron chi connectivity index (χ2n) is 3.91. The van der Waals surface area contributed by atoms with Gasteiger partial charge >= 0.3 is 0 Å². The van der Waals surface area contributed by atoms with Crippen molar-refractivity contribution >= 4 is 23.2 Å². The van der Waals surface area contributed by atoms with E-state index in [2.05, 4.69) is 13.8 Å². The van der Waals surface area contributed by atoms with E-state index in [1.807, 2.05) is 12.1 Å². The molecule has 0 saturated heterocycles. The summed E-state index contributed by atoms with van der Waals surface area (Å²) < 4.78 is 0. The van der Waals surface area contributed by atoms with Crippen molar-refractivity contribution in [1.29, 1.82) is 0 Å². The standard InChI is InChI=1S/C11H15Cl2N/c1-7(2)5-11(14)8-3-4-9(12)10(13)6-8/h3-4,6-7,11H,5,14H2,1-2H3. The smallest absolute Gasteiger partial charge is 0.0595 e. The van der Waals surface area contributed by atoms with Gasteiger partial charge in [-0.2, -0.15) is 0 Å². The highest BCUT2D eigenvalue weighted by atomic mass is 35.5. The zero-order valence-electron chi connectivity index (χ0n) is 8.43. The largest absolute Gasteiger partial charge is 0.324 e. The summed E-state index contributed by atoms with van der Waals surface area (Å²) in [6, 6.07) is 5.61. The topological polar surface area (TPSA) is 26.0 Å². The summed E-state index contributed by atoms with van der Waals surface area (Å²) in [6.45, 7) is 4.30. The van der Waals surface area contributed by atoms with E-state index in [4.69, 9.17) is 28.9 Å². The third-order valence-electron chi connectivity index (χ3n) is 2.10. The molecule has 0 aromatic heterocycles. The number of hydrogen-bond acceptors (Lipinski definition) is 1. The lowest BCUT2D eigenvalue weighted by Crippen LogP contribution is -2.12. The molecule has 1 atom stereocenters. The summed E-state index contributed by atoms with van der Waals surface area (Å²) in [7, 11) is 0. The van der Waals surface area contributed by atoms with Crippen molar-refractivity contribution < 1.29 is 0 Å². The molecule has 1 unspecified atom stereocenters. The summed E-state index contributed by atoms with van der Waals surface area (Å²) in [6.07, 6.45) is 0.956. The van der Waals surface area contributed by atoms with Gasteiger partial charge in [0.15, 0.2) is 0 Å². The Bertz CT molecular complexity index is 310. The maximum atomic E-state index is 6.01. The first kappa shape index (κ1) is 11.8. The summed E-state index contributed by atoms with van der Waals surface area (Å²) in [4.78, 5) is 0. The third kappa shape index (κ3) is 3.16. The predicted molar refractivity (Wildman–Crippen MR) is 62.8 cm³/mol. The van der Waals surface area contributed by atoms with E-state index >= 15 is 0 Å². The summed E-state index contributed by atoms with van der Waals surface area (Å²) >= 11 is 11.7. The van der Waals surface area contributed by atoms with Crippen molar-refractivity contribution in [3.63, 3.8) is 0 Å². The van der Waals surface area contributed by atoms with Gasteiger partial charge in [-0.3, -0.25) is 0 Å². The molecular formula is C11H15Cl2N. The Kier molecular flexibility index (Phi) is 4.24. The highest BCUT2D eigenvalue weighted by Gasteiger charge is 2.09. The van der Waals surface area contributed by atoms with Crippen molar-refractivity contribution in [2.45, 2.75) is 26.3 Å². The molecule has 0 spiro atoms. The van der Waals surface area contributed by atoms with Gasteiger partial charge in [-0.1, -0.05) is 43.1 Å². The summed E-state index contributed by atoms with van der Waals surface area (Å²) in [5.74, 6) is 0.583. The molecule has 0 fully saturated rings. The van der Waals surface area contributed by atoms with Crippen LogP contribution in [0.4, 0.5) is 0 Å². The van der Waals surface area contributed by atoms with E-state index in [-0.39, 0.29) is 6.04 Å². The molecule has 3 heteroatoms. The molecule has 2 N–H and O–H groups in total. The lowest BCUT2D eigenvalue weighted by Gasteiger charge is -2.14. The number of halogens is 2. The fourth-order valence-corrected chi connectivity index (χ4v) is 1.69. The van der Waals surface area contributed by atoms with Crippen LogP contribution in [-0.2, 0) is 0 Å². The Labute approximate surface area is 95.2 Å². The van der Waals surface area contributed by atoms with Gasteiger partial charge < -0.3 is 5.73 Å². The quantitative estimate of drug-likeness (QED) is 0.836. The third-order valence-corrected chi connectivity index (χ3v) is 2.84. The molecule has 1 rings (SSSR count). The maximum Gasteiger partial charge on any atom is 0.0595 e. The molecule has 14 heavy (non-hydrogen) atoms. The Balaban J connectivity index is 2.80. The molecule has 0 aliphatic carbocycles. The molecule has 0 heterocycles. The molecule has 0 aliphatic heterocycles. The minimum atomic E-state index is 0.0461. The fraction of sp³-hybridized carbons (Fsp3) is 0.455. The second kappa shape index (κ2) is 5.01. The first-order valence-corrected chi connectivity index (χ1v) is 5.47. The van der Waals surface area contributed by atoms with Crippen LogP contribution in [0.25, 0.3) is 0 Å². The molecule has 0 bridgehead atoms. The predicted octanol–water partition coefficient (Wildman–Crippen LogP) is 4.04. The van der Waals surface area contributed by atoms with Crippen molar-refractivity contribution in [2.24, 2.45) is 11.7 Å². The van der Waals surface area contributed by atoms with E-state index in [1.165, 1.54) is 0 Å². The summed E-state index contributed by atoms with van der Waals surface area (Å²) in [5.41, 5.74) is 7.06. The fourth-order valence-electron chi connectivity index (χ4n) is 1.39. The monoisotopic (exact) mass is 231 g/mol. The molecule has 0 amide bonds. The van der Waals surface area contributed by atoms with Gasteiger partial charge in [-0.25, -0.2) is 0 Å². The first-order chi connectivity index (χ1) is 6.50. The van der Waals surface area contributed by atoms with Crippen LogP contribution in [0.2, 0.25) is 10.0 Å². The molecule has 0 saturated carbocycles. The molecule has 1 nitrogen and oxygen atoms in total. The van der Waals surface area contributed by atoms with Gasteiger partial charge in [0, 0.05) is 6.04 Å². The maximum absolute atomic E-state index is 6.01. The lowest BCUT2D eigenvalue weighted by molar-refractivity contribution is 0.510. The van der Waals surface area contributed by atoms with Gasteiger partial charge in [0.2, 0.25) is 0 Å². The Morgan fingerprint density at radius 2 is 1.86 bits per heavy atom. The number of hydrogen-bond donors (Lipinski definition) is 1. The SMILES string of the molecule is CC(C)CC(N)c1ccc(Cl)c(Cl)c1. The molecule has 78 valence electrons. The van der Waals surface area contributed by atoms with Crippen molar-refractivity contribution in [3.8, 4) is 0 Å². The van der Waals surface area contributed by atoms with Gasteiger partial charge in [-0.05, 0) is 30.0 Å². The van der Waals surface area contributed by atoms with Crippen LogP contribution in [0.15, 0.2) is 18.2 Å². The van der Waals surface area contributed by atoms with Crippen LogP contribution in [-0.4, -0.2) is 0 Å². The number of benzene rings is 1. The van der Waals surface area contributed by atoms with Gasteiger partial charge in [-0.15, -0.1) is 0 Å². The van der Waals surface area contributed by atoms with Gasteiger partial charge in [0.05, 0.1) is 10.0 Å². The van der Waals surface area contributed by atoms with Crippen LogP contribution >= 0.6 is 23.2 Å². The normalized spacial score (nSPS) is 13.3. The van der Waals surface area contributed by atoms with E-state index in [0.29, 0.717) is 16.0 Å². The van der Waals surface area contributed by atoms with Crippen LogP contribution < -0.4 is 5.73 Å². The first-order valence-electron chi connectivity index (χ1n) is 4.71. The van der Waals surface area contributed by atoms with E-state index in [9.17, 15) is 0 Å². The number of rotatable bonds is 3. The zero-order chi connectivity index (χ0) is 10.7. The summed E-state index contributed by atoms with van der Waals surface area (Å²) in [5, 5.41) is 1.15. The van der Waals surface area contributed by atoms with Crippen LogP contribution in [0.5, 0.6) is 0 Å². The van der Waals surface area contributed by atoms with Crippen molar-refractivity contribution in [1.82, 2.24) is 0 Å². The molecular weight excluding hydrogens is 217 g/mol. The van der Waals surface area contributed by atoms with Gasteiger partial charge in [0.25, 0.3) is 0 Å². The highest BCUT2D eigenvalue weighted by molar-refractivity contribution is 6.42. The molecule has 0 aliphatic rings. The lowest BCUT2D eigenvalue weighted by atomic mass is 9.98. The van der Waals surface area contributed by atoms with E-state index < -0.39 is 0 Å². The number of nitrogens with two attached hydrogens (primary N) is 1. The minimum Gasteiger partial charge on any atom is -0.324 e. The highest BCUT2D eigenvalue weighted by Crippen LogP contribution is 2.27. The van der Waals surface area contributed by atoms with Crippen LogP contribution in [0, 0.1) is 5.92 Å². The Hall–Kier alpha value is -0.240. The molecule has 1 aromatic carbocycles. The Morgan fingerprint density at radius 1 is 1.21 bits per heavy atom. The van der Waals surface area contributed by atoms with Crippen molar-refractivity contribution in [2.75, 3.05) is 0 Å². The van der Waals surface area contributed by atoms with E-state index in [0.717, 1.165) is 12.0 Å². The van der Waals surface area contributed by atoms with E-state index in [1.54, 1.807) is 6.07 Å². The Morgan fingerprint density at radius 3 is 2.36 bits per heavy atom. The van der Waals surface area contributed by atoms with Crippen LogP contribution in [0.3, 0.4) is 0 Å². The second-order valence-corrected chi connectivity index (χ2v) is 4.72. The van der Waals surface area contributed by atoms with Crippen molar-refractivity contribution in [3.05, 3.63) is 33.8 Å². The van der Waals surface area contributed by atoms with Crippen LogP contribution in [0.1, 0.15) is 31.9 Å². The minimum absolute atomic E-state index is 0.0461. The zero-order valence-corrected chi connectivity index (χ0v) is 9.94. The molecule has 1 aromatic rings. The average molecular weight is 232 g/mol. The molecule has 0 radical (unpaired) electrons.